The molecule has 1 fully saturated rings. The second-order valence-corrected chi connectivity index (χ2v) is 4.66. The third kappa shape index (κ3) is 2.01. The van der Waals surface area contributed by atoms with E-state index in [0.717, 1.165) is 18.4 Å². The number of rotatable bonds is 3. The van der Waals surface area contributed by atoms with Gasteiger partial charge in [0.25, 0.3) is 0 Å². The van der Waals surface area contributed by atoms with Crippen molar-refractivity contribution in [2.45, 2.75) is 25.4 Å². The van der Waals surface area contributed by atoms with Crippen LogP contribution in [0.2, 0.25) is 0 Å². The van der Waals surface area contributed by atoms with Crippen molar-refractivity contribution in [3.8, 4) is 0 Å². The number of benzene rings is 1. The lowest BCUT2D eigenvalue weighted by Gasteiger charge is -2.08. The number of hydrogen-bond acceptors (Lipinski definition) is 2. The van der Waals surface area contributed by atoms with Crippen molar-refractivity contribution in [2.24, 2.45) is 0 Å². The minimum Gasteiger partial charge on any atom is -0.306 e. The van der Waals surface area contributed by atoms with Crippen LogP contribution < -0.4 is 11.1 Å². The molecule has 0 unspecified atom stereocenters. The molecule has 0 saturated heterocycles. The molecule has 0 spiro atoms. The van der Waals surface area contributed by atoms with Crippen molar-refractivity contribution >= 4 is 0 Å². The van der Waals surface area contributed by atoms with Crippen molar-refractivity contribution in [3.63, 3.8) is 0 Å². The highest BCUT2D eigenvalue weighted by Crippen LogP contribution is 2.32. The highest BCUT2D eigenvalue weighted by molar-refractivity contribution is 5.15. The Morgan fingerprint density at radius 2 is 1.72 bits per heavy atom. The molecular formula is C14H14N2O2. The van der Waals surface area contributed by atoms with Crippen LogP contribution in [0.25, 0.3) is 0 Å². The molecule has 3 rings (SSSR count). The van der Waals surface area contributed by atoms with Crippen molar-refractivity contribution in [2.75, 3.05) is 0 Å². The molecule has 0 aliphatic heterocycles. The van der Waals surface area contributed by atoms with Gasteiger partial charge in [-0.05, 0) is 18.4 Å². The molecule has 1 saturated carbocycles. The molecule has 2 aromatic rings. The normalized spacial score (nSPS) is 14.7. The zero-order chi connectivity index (χ0) is 12.5. The van der Waals surface area contributed by atoms with Crippen LogP contribution in [0.15, 0.2) is 52.3 Å². The molecular weight excluding hydrogens is 228 g/mol. The van der Waals surface area contributed by atoms with E-state index in [9.17, 15) is 9.59 Å². The van der Waals surface area contributed by atoms with Gasteiger partial charge < -0.3 is 9.13 Å². The highest BCUT2D eigenvalue weighted by Gasteiger charge is 2.25. The molecule has 92 valence electrons. The molecule has 1 aliphatic carbocycles. The SMILES string of the molecule is O=c1c(=O)n(C2CC2)ccn1Cc1ccccc1. The Kier molecular flexibility index (Phi) is 2.63. The van der Waals surface area contributed by atoms with Gasteiger partial charge in [0, 0.05) is 18.4 Å². The first-order valence-corrected chi connectivity index (χ1v) is 6.11. The number of aromatic nitrogens is 2. The third-order valence-electron chi connectivity index (χ3n) is 3.22. The van der Waals surface area contributed by atoms with E-state index >= 15 is 0 Å². The molecule has 4 nitrogen and oxygen atoms in total. The van der Waals surface area contributed by atoms with E-state index in [-0.39, 0.29) is 6.04 Å². The summed E-state index contributed by atoms with van der Waals surface area (Å²) in [5.74, 6) is 0. The van der Waals surface area contributed by atoms with Crippen LogP contribution in [0.4, 0.5) is 0 Å². The summed E-state index contributed by atoms with van der Waals surface area (Å²) < 4.78 is 3.03. The molecule has 0 atom stereocenters. The second kappa shape index (κ2) is 4.29. The maximum Gasteiger partial charge on any atom is 0.316 e. The zero-order valence-electron chi connectivity index (χ0n) is 9.95. The maximum atomic E-state index is 12.0. The van der Waals surface area contributed by atoms with Crippen molar-refractivity contribution in [1.29, 1.82) is 0 Å². The van der Waals surface area contributed by atoms with Gasteiger partial charge in [0.15, 0.2) is 0 Å². The van der Waals surface area contributed by atoms with Gasteiger partial charge in [-0.15, -0.1) is 0 Å². The predicted molar refractivity (Wildman–Crippen MR) is 68.8 cm³/mol. The van der Waals surface area contributed by atoms with E-state index in [1.54, 1.807) is 17.0 Å². The summed E-state index contributed by atoms with van der Waals surface area (Å²) in [6.07, 6.45) is 5.43. The van der Waals surface area contributed by atoms with Crippen LogP contribution in [0.5, 0.6) is 0 Å². The van der Waals surface area contributed by atoms with Crippen LogP contribution in [0.1, 0.15) is 24.4 Å². The maximum absolute atomic E-state index is 12.0. The van der Waals surface area contributed by atoms with Crippen LogP contribution in [0, 0.1) is 0 Å². The van der Waals surface area contributed by atoms with Crippen LogP contribution in [0.3, 0.4) is 0 Å². The smallest absolute Gasteiger partial charge is 0.306 e. The van der Waals surface area contributed by atoms with Crippen LogP contribution >= 0.6 is 0 Å². The lowest BCUT2D eigenvalue weighted by atomic mass is 10.2. The highest BCUT2D eigenvalue weighted by atomic mass is 16.2. The van der Waals surface area contributed by atoms with Crippen LogP contribution in [-0.4, -0.2) is 9.13 Å². The Labute approximate surface area is 104 Å². The molecule has 0 bridgehead atoms. The molecule has 0 amide bonds. The van der Waals surface area contributed by atoms with Crippen molar-refractivity contribution in [3.05, 3.63) is 69.0 Å². The molecule has 18 heavy (non-hydrogen) atoms. The van der Waals surface area contributed by atoms with Gasteiger partial charge in [-0.25, -0.2) is 0 Å². The Bertz CT molecular complexity index is 666. The fourth-order valence-electron chi connectivity index (χ4n) is 2.07. The van der Waals surface area contributed by atoms with Gasteiger partial charge >= 0.3 is 11.1 Å². The fourth-order valence-corrected chi connectivity index (χ4v) is 2.07. The lowest BCUT2D eigenvalue weighted by Crippen LogP contribution is -2.40. The van der Waals surface area contributed by atoms with Gasteiger partial charge in [0.2, 0.25) is 0 Å². The Balaban J connectivity index is 1.96. The summed E-state index contributed by atoms with van der Waals surface area (Å²) in [5.41, 5.74) is 0.173. The minimum atomic E-state index is -0.437. The molecule has 4 heteroatoms. The largest absolute Gasteiger partial charge is 0.316 e. The molecule has 0 radical (unpaired) electrons. The summed E-state index contributed by atoms with van der Waals surface area (Å²) in [7, 11) is 0. The fraction of sp³-hybridized carbons (Fsp3) is 0.286. The van der Waals surface area contributed by atoms with E-state index in [4.69, 9.17) is 0 Å². The first kappa shape index (κ1) is 11.0. The summed E-state index contributed by atoms with van der Waals surface area (Å²) in [5, 5.41) is 0. The number of nitrogens with zero attached hydrogens (tertiary/aromatic N) is 2. The van der Waals surface area contributed by atoms with Crippen molar-refractivity contribution in [1.82, 2.24) is 9.13 Å². The average Bonchev–Trinajstić information content (AvgIpc) is 3.21. The van der Waals surface area contributed by atoms with Crippen molar-refractivity contribution < 1.29 is 0 Å². The number of hydrogen-bond donors (Lipinski definition) is 0. The molecule has 1 aromatic heterocycles. The van der Waals surface area contributed by atoms with E-state index < -0.39 is 11.1 Å². The summed E-state index contributed by atoms with van der Waals surface area (Å²) in [6.45, 7) is 0.445. The third-order valence-corrected chi connectivity index (χ3v) is 3.22. The quantitative estimate of drug-likeness (QED) is 0.763. The van der Waals surface area contributed by atoms with Crippen LogP contribution in [-0.2, 0) is 6.54 Å². The predicted octanol–water partition coefficient (Wildman–Crippen LogP) is 1.39. The lowest BCUT2D eigenvalue weighted by molar-refractivity contribution is 0.640. The van der Waals surface area contributed by atoms with E-state index in [1.807, 2.05) is 30.3 Å². The Morgan fingerprint density at radius 1 is 1.00 bits per heavy atom. The monoisotopic (exact) mass is 242 g/mol. The topological polar surface area (TPSA) is 44.0 Å². The van der Waals surface area contributed by atoms with Gasteiger partial charge in [0.1, 0.15) is 0 Å². The first-order valence-electron chi connectivity index (χ1n) is 6.11. The van der Waals surface area contributed by atoms with Gasteiger partial charge in [-0.3, -0.25) is 9.59 Å². The summed E-state index contributed by atoms with van der Waals surface area (Å²) in [4.78, 5) is 23.8. The first-order chi connectivity index (χ1) is 8.75. The second-order valence-electron chi connectivity index (χ2n) is 4.66. The molecule has 0 N–H and O–H groups in total. The summed E-state index contributed by atoms with van der Waals surface area (Å²) in [6, 6.07) is 9.91. The standard InChI is InChI=1S/C14H14N2O2/c17-13-14(18)16(12-6-7-12)9-8-15(13)10-11-4-2-1-3-5-11/h1-5,8-9,12H,6-7,10H2. The van der Waals surface area contributed by atoms with Gasteiger partial charge in [-0.1, -0.05) is 30.3 Å². The minimum absolute atomic E-state index is 0.247. The molecule has 1 heterocycles. The molecule has 1 aliphatic rings. The van der Waals surface area contributed by atoms with E-state index in [0.29, 0.717) is 6.54 Å². The van der Waals surface area contributed by atoms with Gasteiger partial charge in [-0.2, -0.15) is 0 Å². The van der Waals surface area contributed by atoms with E-state index in [1.165, 1.54) is 4.57 Å². The van der Waals surface area contributed by atoms with Gasteiger partial charge in [0.05, 0.1) is 6.54 Å². The molecule has 1 aromatic carbocycles. The van der Waals surface area contributed by atoms with E-state index in [2.05, 4.69) is 0 Å². The average molecular weight is 242 g/mol. The Morgan fingerprint density at radius 3 is 2.39 bits per heavy atom. The zero-order valence-corrected chi connectivity index (χ0v) is 9.95. The summed E-state index contributed by atoms with van der Waals surface area (Å²) >= 11 is 0. The Hall–Kier alpha value is -2.10.